The Morgan fingerprint density at radius 1 is 0.867 bits per heavy atom. The monoisotopic (exact) mass is 462 g/mol. The highest BCUT2D eigenvalue weighted by Crippen LogP contribution is 2.65. The van der Waals surface area contributed by atoms with E-state index < -0.39 is 0 Å². The summed E-state index contributed by atoms with van der Waals surface area (Å²) < 4.78 is 0.936. The number of nitrogens with one attached hydrogen (secondary N) is 1. The largest absolute Gasteiger partial charge is 0.322 e. The smallest absolute Gasteiger partial charge is 0.255 e. The lowest BCUT2D eigenvalue weighted by Gasteiger charge is -2.37. The highest BCUT2D eigenvalue weighted by atomic mass is 79.9. The van der Waals surface area contributed by atoms with Gasteiger partial charge in [0.1, 0.15) is 0 Å². The molecule has 1 N–H and O–H groups in total. The number of carbonyl (C=O) groups excluding carboxylic acids is 3. The highest BCUT2D eigenvalue weighted by molar-refractivity contribution is 9.10. The number of imide groups is 1. The molecule has 0 unspecified atom stereocenters. The minimum Gasteiger partial charge on any atom is -0.322 e. The molecule has 3 fully saturated rings. The zero-order valence-electron chi connectivity index (χ0n) is 16.0. The van der Waals surface area contributed by atoms with Gasteiger partial charge in [-0.25, -0.2) is 0 Å². The molecule has 2 aromatic rings. The van der Waals surface area contributed by atoms with Crippen LogP contribution >= 0.6 is 15.9 Å². The first kappa shape index (κ1) is 18.1. The lowest BCUT2D eigenvalue weighted by Crippen LogP contribution is -2.40. The Balaban J connectivity index is 1.23. The second-order valence-electron chi connectivity index (χ2n) is 8.67. The Morgan fingerprint density at radius 2 is 1.43 bits per heavy atom. The summed E-state index contributed by atoms with van der Waals surface area (Å²) in [5.41, 5.74) is 1.72. The van der Waals surface area contributed by atoms with Gasteiger partial charge in [-0.15, -0.1) is 0 Å². The first-order valence-corrected chi connectivity index (χ1v) is 11.1. The van der Waals surface area contributed by atoms with Crippen LogP contribution in [0.25, 0.3) is 0 Å². The highest BCUT2D eigenvalue weighted by Gasteiger charge is 2.67. The molecular weight excluding hydrogens is 444 g/mol. The number of halogens is 1. The fourth-order valence-electron chi connectivity index (χ4n) is 5.71. The van der Waals surface area contributed by atoms with E-state index in [9.17, 15) is 14.4 Å². The quantitative estimate of drug-likeness (QED) is 0.547. The van der Waals surface area contributed by atoms with E-state index in [-0.39, 0.29) is 41.4 Å². The molecule has 30 heavy (non-hydrogen) atoms. The molecular formula is C24H19BrN2O3. The summed E-state index contributed by atoms with van der Waals surface area (Å²) in [6.07, 6.45) is 5.49. The normalized spacial score (nSPS) is 32.8. The summed E-state index contributed by atoms with van der Waals surface area (Å²) in [5.74, 6) is 0.769. The van der Waals surface area contributed by atoms with E-state index in [1.165, 1.54) is 4.90 Å². The maximum atomic E-state index is 13.2. The number of amides is 3. The van der Waals surface area contributed by atoms with Gasteiger partial charge in [0.15, 0.2) is 0 Å². The Labute approximate surface area is 182 Å². The standard InChI is InChI=1S/C24H19BrN2O3/c25-13-3-5-14(6-4-13)26-22(28)12-1-7-15(8-2-12)27-23(29)20-16-9-10-17(19-11-18(16)19)21(20)24(27)30/h1-10,16-21H,11H2,(H,26,28)/t16-,17-,18-,19+,20-,21+/m0/s1. The molecule has 3 amide bonds. The molecule has 1 heterocycles. The van der Waals surface area contributed by atoms with Gasteiger partial charge < -0.3 is 5.32 Å². The van der Waals surface area contributed by atoms with Crippen molar-refractivity contribution >= 4 is 45.0 Å². The van der Waals surface area contributed by atoms with Crippen molar-refractivity contribution in [1.29, 1.82) is 0 Å². The fraction of sp³-hybridized carbons (Fsp3) is 0.292. The first-order chi connectivity index (χ1) is 14.5. The molecule has 6 heteroatoms. The Hall–Kier alpha value is -2.73. The third-order valence-corrected chi connectivity index (χ3v) is 7.68. The predicted molar refractivity (Wildman–Crippen MR) is 116 cm³/mol. The van der Waals surface area contributed by atoms with E-state index in [2.05, 4.69) is 33.4 Å². The van der Waals surface area contributed by atoms with Crippen molar-refractivity contribution in [3.63, 3.8) is 0 Å². The number of benzene rings is 2. The van der Waals surface area contributed by atoms with Gasteiger partial charge in [-0.2, -0.15) is 0 Å². The van der Waals surface area contributed by atoms with Crippen molar-refractivity contribution in [2.75, 3.05) is 10.2 Å². The molecule has 1 aliphatic heterocycles. The second kappa shape index (κ2) is 6.38. The fourth-order valence-corrected chi connectivity index (χ4v) is 5.97. The molecule has 7 rings (SSSR count). The molecule has 6 atom stereocenters. The Bertz CT molecular complexity index is 1070. The summed E-state index contributed by atoms with van der Waals surface area (Å²) in [7, 11) is 0. The van der Waals surface area contributed by atoms with Crippen molar-refractivity contribution in [3.05, 3.63) is 70.7 Å². The van der Waals surface area contributed by atoms with Crippen LogP contribution in [0.5, 0.6) is 0 Å². The van der Waals surface area contributed by atoms with Crippen molar-refractivity contribution < 1.29 is 14.4 Å². The molecule has 0 spiro atoms. The van der Waals surface area contributed by atoms with Crippen LogP contribution in [0.1, 0.15) is 16.8 Å². The summed E-state index contributed by atoms with van der Waals surface area (Å²) in [4.78, 5) is 40.2. The maximum absolute atomic E-state index is 13.2. The van der Waals surface area contributed by atoms with Crippen LogP contribution in [0.4, 0.5) is 11.4 Å². The van der Waals surface area contributed by atoms with Gasteiger partial charge in [-0.05, 0) is 78.6 Å². The number of hydrogen-bond acceptors (Lipinski definition) is 3. The van der Waals surface area contributed by atoms with Gasteiger partial charge in [-0.1, -0.05) is 28.1 Å². The van der Waals surface area contributed by atoms with Crippen LogP contribution < -0.4 is 10.2 Å². The molecule has 5 nitrogen and oxygen atoms in total. The van der Waals surface area contributed by atoms with Crippen LogP contribution in [0.15, 0.2) is 65.2 Å². The third-order valence-electron chi connectivity index (χ3n) is 7.15. The number of allylic oxidation sites excluding steroid dienone is 2. The second-order valence-corrected chi connectivity index (χ2v) is 9.59. The Morgan fingerprint density at radius 3 is 2.00 bits per heavy atom. The average Bonchev–Trinajstić information content (AvgIpc) is 3.53. The van der Waals surface area contributed by atoms with E-state index in [1.54, 1.807) is 24.3 Å². The summed E-state index contributed by atoms with van der Waals surface area (Å²) in [6, 6.07) is 14.1. The van der Waals surface area contributed by atoms with E-state index in [4.69, 9.17) is 0 Å². The topological polar surface area (TPSA) is 66.5 Å². The number of anilines is 2. The Kier molecular flexibility index (Phi) is 3.84. The average molecular weight is 463 g/mol. The first-order valence-electron chi connectivity index (χ1n) is 10.3. The van der Waals surface area contributed by atoms with Crippen LogP contribution in [-0.4, -0.2) is 17.7 Å². The van der Waals surface area contributed by atoms with Crippen molar-refractivity contribution in [1.82, 2.24) is 0 Å². The van der Waals surface area contributed by atoms with E-state index in [1.807, 2.05) is 24.3 Å². The predicted octanol–water partition coefficient (Wildman–Crippen LogP) is 4.26. The van der Waals surface area contributed by atoms with E-state index >= 15 is 0 Å². The van der Waals surface area contributed by atoms with Gasteiger partial charge in [0, 0.05) is 15.7 Å². The SMILES string of the molecule is O=C(Nc1ccc(Br)cc1)c1ccc(N2C(=O)[C@@H]3[C@H]4C=C[C@@H]([C@@H]5C[C@H]45)[C@@H]3C2=O)cc1. The lowest BCUT2D eigenvalue weighted by atomic mass is 9.63. The minimum atomic E-state index is -0.237. The molecule has 4 aliphatic carbocycles. The number of rotatable bonds is 3. The van der Waals surface area contributed by atoms with Gasteiger partial charge in [-0.3, -0.25) is 19.3 Å². The summed E-state index contributed by atoms with van der Waals surface area (Å²) >= 11 is 3.37. The van der Waals surface area contributed by atoms with Gasteiger partial charge in [0.25, 0.3) is 5.91 Å². The number of nitrogens with zero attached hydrogens (tertiary/aromatic N) is 1. The number of hydrogen-bond donors (Lipinski definition) is 1. The maximum Gasteiger partial charge on any atom is 0.255 e. The van der Waals surface area contributed by atoms with Gasteiger partial charge >= 0.3 is 0 Å². The van der Waals surface area contributed by atoms with Crippen molar-refractivity contribution in [3.8, 4) is 0 Å². The summed E-state index contributed by atoms with van der Waals surface area (Å²) in [5, 5.41) is 2.85. The van der Waals surface area contributed by atoms with Crippen LogP contribution in [0.2, 0.25) is 0 Å². The van der Waals surface area contributed by atoms with Crippen LogP contribution in [-0.2, 0) is 9.59 Å². The van der Waals surface area contributed by atoms with E-state index in [0.29, 0.717) is 28.8 Å². The molecule has 2 saturated carbocycles. The van der Waals surface area contributed by atoms with Crippen molar-refractivity contribution in [2.45, 2.75) is 6.42 Å². The lowest BCUT2D eigenvalue weighted by molar-refractivity contribution is -0.124. The third kappa shape index (κ3) is 2.56. The van der Waals surface area contributed by atoms with Gasteiger partial charge in [0.2, 0.25) is 11.8 Å². The van der Waals surface area contributed by atoms with E-state index in [0.717, 1.165) is 10.9 Å². The van der Waals surface area contributed by atoms with Crippen LogP contribution in [0, 0.1) is 35.5 Å². The zero-order chi connectivity index (χ0) is 20.6. The molecule has 0 aromatic heterocycles. The number of carbonyl (C=O) groups is 3. The van der Waals surface area contributed by atoms with Crippen LogP contribution in [0.3, 0.4) is 0 Å². The minimum absolute atomic E-state index is 0.0817. The summed E-state index contributed by atoms with van der Waals surface area (Å²) in [6.45, 7) is 0. The molecule has 5 aliphatic rings. The molecule has 150 valence electrons. The molecule has 1 saturated heterocycles. The van der Waals surface area contributed by atoms with Gasteiger partial charge in [0.05, 0.1) is 17.5 Å². The molecule has 0 radical (unpaired) electrons. The van der Waals surface area contributed by atoms with Crippen molar-refractivity contribution in [2.24, 2.45) is 35.5 Å². The molecule has 2 aromatic carbocycles. The molecule has 2 bridgehead atoms. The zero-order valence-corrected chi connectivity index (χ0v) is 17.6.